The van der Waals surface area contributed by atoms with E-state index in [4.69, 9.17) is 4.74 Å². The topological polar surface area (TPSA) is 75.6 Å². The van der Waals surface area contributed by atoms with Crippen LogP contribution in [0.25, 0.3) is 0 Å². The molecule has 5 nitrogen and oxygen atoms in total. The van der Waals surface area contributed by atoms with Crippen LogP contribution in [-0.4, -0.2) is 23.6 Å². The summed E-state index contributed by atoms with van der Waals surface area (Å²) in [6, 6.07) is 13.5. The number of ether oxygens (including phenoxy) is 1. The van der Waals surface area contributed by atoms with Crippen molar-refractivity contribution in [1.82, 2.24) is 0 Å². The van der Waals surface area contributed by atoms with E-state index in [9.17, 15) is 14.7 Å². The first kappa shape index (κ1) is 30.4. The summed E-state index contributed by atoms with van der Waals surface area (Å²) in [6.45, 7) is 5.18. The summed E-state index contributed by atoms with van der Waals surface area (Å²) in [5.41, 5.74) is 0.729. The molecule has 1 amide bonds. The van der Waals surface area contributed by atoms with Gasteiger partial charge < -0.3 is 15.2 Å². The summed E-state index contributed by atoms with van der Waals surface area (Å²) in [4.78, 5) is 24.2. The third kappa shape index (κ3) is 12.8. The lowest BCUT2D eigenvalue weighted by Crippen LogP contribution is -2.16. The molecular formula is C32H47NO4. The third-order valence-electron chi connectivity index (χ3n) is 6.72. The molecule has 204 valence electrons. The maximum Gasteiger partial charge on any atom is 0.337 e. The summed E-state index contributed by atoms with van der Waals surface area (Å²) in [5, 5.41) is 12.0. The summed E-state index contributed by atoms with van der Waals surface area (Å²) in [6.07, 6.45) is 18.4. The number of carboxylic acids is 1. The van der Waals surface area contributed by atoms with E-state index in [1.54, 1.807) is 36.4 Å². The van der Waals surface area contributed by atoms with Crippen LogP contribution in [0.5, 0.6) is 5.75 Å². The molecule has 0 spiro atoms. The lowest BCUT2D eigenvalue weighted by molar-refractivity contribution is 0.0698. The number of carbonyl (C=O) groups is 2. The van der Waals surface area contributed by atoms with Gasteiger partial charge in [0.15, 0.2) is 0 Å². The smallest absolute Gasteiger partial charge is 0.337 e. The number of para-hydroxylation sites is 2. The van der Waals surface area contributed by atoms with E-state index in [0.717, 1.165) is 18.8 Å². The second kappa shape index (κ2) is 18.4. The minimum Gasteiger partial charge on any atom is -0.493 e. The second-order valence-electron chi connectivity index (χ2n) is 10.4. The van der Waals surface area contributed by atoms with Crippen LogP contribution in [0.4, 0.5) is 5.69 Å². The molecule has 5 heteroatoms. The van der Waals surface area contributed by atoms with Crippen molar-refractivity contribution in [2.45, 2.75) is 104 Å². The van der Waals surface area contributed by atoms with E-state index in [1.165, 1.54) is 83.1 Å². The Morgan fingerprint density at radius 1 is 0.703 bits per heavy atom. The molecule has 0 aliphatic carbocycles. The Morgan fingerprint density at radius 2 is 1.19 bits per heavy atom. The van der Waals surface area contributed by atoms with Crippen LogP contribution in [0, 0.1) is 5.92 Å². The van der Waals surface area contributed by atoms with Gasteiger partial charge in [0, 0.05) is 0 Å². The minimum atomic E-state index is -1.08. The van der Waals surface area contributed by atoms with Gasteiger partial charge in [-0.1, -0.05) is 122 Å². The number of hydrogen-bond donors (Lipinski definition) is 2. The number of amides is 1. The number of carbonyl (C=O) groups excluding carboxylic acids is 1. The van der Waals surface area contributed by atoms with Crippen LogP contribution < -0.4 is 10.1 Å². The van der Waals surface area contributed by atoms with Gasteiger partial charge in [-0.2, -0.15) is 0 Å². The molecule has 0 heterocycles. The van der Waals surface area contributed by atoms with Gasteiger partial charge in [-0.15, -0.1) is 0 Å². The van der Waals surface area contributed by atoms with Crippen LogP contribution in [0.1, 0.15) is 124 Å². The number of carboxylic acid groups (broad SMARTS) is 1. The van der Waals surface area contributed by atoms with Crippen LogP contribution in [0.2, 0.25) is 0 Å². The first-order chi connectivity index (χ1) is 18.0. The lowest BCUT2D eigenvalue weighted by Gasteiger charge is -2.13. The minimum absolute atomic E-state index is 0.0572. The first-order valence-corrected chi connectivity index (χ1v) is 14.3. The molecule has 0 saturated carbocycles. The summed E-state index contributed by atoms with van der Waals surface area (Å²) in [5.74, 6) is -0.0914. The molecular weight excluding hydrogens is 462 g/mol. The van der Waals surface area contributed by atoms with Crippen molar-refractivity contribution in [3.8, 4) is 5.75 Å². The summed E-state index contributed by atoms with van der Waals surface area (Å²) in [7, 11) is 0. The Balaban J connectivity index is 1.55. The fourth-order valence-corrected chi connectivity index (χ4v) is 4.53. The Labute approximate surface area is 224 Å². The molecule has 2 N–H and O–H groups in total. The van der Waals surface area contributed by atoms with Crippen molar-refractivity contribution in [3.05, 3.63) is 59.7 Å². The van der Waals surface area contributed by atoms with Crippen molar-refractivity contribution < 1.29 is 19.4 Å². The molecule has 37 heavy (non-hydrogen) atoms. The molecule has 0 aliphatic rings. The Kier molecular flexibility index (Phi) is 15.1. The van der Waals surface area contributed by atoms with Crippen LogP contribution >= 0.6 is 0 Å². The predicted molar refractivity (Wildman–Crippen MR) is 153 cm³/mol. The summed E-state index contributed by atoms with van der Waals surface area (Å²) >= 11 is 0. The maximum absolute atomic E-state index is 12.8. The van der Waals surface area contributed by atoms with E-state index in [1.807, 2.05) is 6.07 Å². The number of anilines is 1. The maximum atomic E-state index is 12.8. The SMILES string of the molecule is CC(C)CCCCCCCCCCCCCCCOc1ccccc1C(=O)Nc1ccccc1C(=O)O. The van der Waals surface area contributed by atoms with Gasteiger partial charge in [0.25, 0.3) is 5.91 Å². The van der Waals surface area contributed by atoms with Gasteiger partial charge in [-0.05, 0) is 36.6 Å². The molecule has 0 unspecified atom stereocenters. The number of rotatable bonds is 20. The number of nitrogens with one attached hydrogen (secondary N) is 1. The zero-order chi connectivity index (χ0) is 26.7. The number of benzene rings is 2. The van der Waals surface area contributed by atoms with E-state index in [0.29, 0.717) is 17.9 Å². The number of hydrogen-bond acceptors (Lipinski definition) is 3. The van der Waals surface area contributed by atoms with Gasteiger partial charge >= 0.3 is 5.97 Å². The Morgan fingerprint density at radius 3 is 1.76 bits per heavy atom. The van der Waals surface area contributed by atoms with Gasteiger partial charge in [0.1, 0.15) is 5.75 Å². The zero-order valence-electron chi connectivity index (χ0n) is 23.0. The fraction of sp³-hybridized carbons (Fsp3) is 0.562. The monoisotopic (exact) mass is 509 g/mol. The first-order valence-electron chi connectivity index (χ1n) is 14.3. The average molecular weight is 510 g/mol. The number of unbranched alkanes of at least 4 members (excludes halogenated alkanes) is 12. The molecule has 0 saturated heterocycles. The lowest BCUT2D eigenvalue weighted by atomic mass is 10.0. The quantitative estimate of drug-likeness (QED) is 0.174. The third-order valence-corrected chi connectivity index (χ3v) is 6.72. The van der Waals surface area contributed by atoms with Gasteiger partial charge in [-0.25, -0.2) is 4.79 Å². The van der Waals surface area contributed by atoms with Crippen LogP contribution in [0.15, 0.2) is 48.5 Å². The summed E-state index contributed by atoms with van der Waals surface area (Å²) < 4.78 is 5.92. The highest BCUT2D eigenvalue weighted by Crippen LogP contribution is 2.22. The second-order valence-corrected chi connectivity index (χ2v) is 10.4. The van der Waals surface area contributed by atoms with E-state index in [-0.39, 0.29) is 17.2 Å². The molecule has 0 bridgehead atoms. The fourth-order valence-electron chi connectivity index (χ4n) is 4.53. The van der Waals surface area contributed by atoms with Gasteiger partial charge in [-0.3, -0.25) is 4.79 Å². The molecule has 0 atom stereocenters. The van der Waals surface area contributed by atoms with E-state index < -0.39 is 5.97 Å². The molecule has 2 aromatic carbocycles. The molecule has 0 radical (unpaired) electrons. The highest BCUT2D eigenvalue weighted by atomic mass is 16.5. The highest BCUT2D eigenvalue weighted by molar-refractivity contribution is 6.09. The van der Waals surface area contributed by atoms with Crippen LogP contribution in [-0.2, 0) is 0 Å². The zero-order valence-corrected chi connectivity index (χ0v) is 23.0. The van der Waals surface area contributed by atoms with Crippen molar-refractivity contribution in [1.29, 1.82) is 0 Å². The van der Waals surface area contributed by atoms with Crippen molar-refractivity contribution in [2.75, 3.05) is 11.9 Å². The van der Waals surface area contributed by atoms with Gasteiger partial charge in [0.05, 0.1) is 23.4 Å². The van der Waals surface area contributed by atoms with Gasteiger partial charge in [0.2, 0.25) is 0 Å². The molecule has 0 aliphatic heterocycles. The highest BCUT2D eigenvalue weighted by Gasteiger charge is 2.16. The largest absolute Gasteiger partial charge is 0.493 e. The van der Waals surface area contributed by atoms with Crippen LogP contribution in [0.3, 0.4) is 0 Å². The molecule has 2 rings (SSSR count). The van der Waals surface area contributed by atoms with Crippen molar-refractivity contribution in [2.24, 2.45) is 5.92 Å². The molecule has 0 aromatic heterocycles. The van der Waals surface area contributed by atoms with Crippen molar-refractivity contribution >= 4 is 17.6 Å². The molecule has 2 aromatic rings. The average Bonchev–Trinajstić information content (AvgIpc) is 2.88. The Bertz CT molecular complexity index is 925. The number of aromatic carboxylic acids is 1. The predicted octanol–water partition coefficient (Wildman–Crippen LogP) is 9.13. The van der Waals surface area contributed by atoms with E-state index in [2.05, 4.69) is 19.2 Å². The Hall–Kier alpha value is -2.82. The van der Waals surface area contributed by atoms with Crippen molar-refractivity contribution in [3.63, 3.8) is 0 Å². The molecule has 0 fully saturated rings. The van der Waals surface area contributed by atoms with E-state index >= 15 is 0 Å². The normalized spacial score (nSPS) is 11.0. The standard InChI is InChI=1S/C32H47NO4/c1-26(2)20-14-12-10-8-6-4-3-5-7-9-11-13-19-25-37-30-24-18-16-22-28(30)31(34)33-29-23-17-15-21-27(29)32(35)36/h15-18,21-24,26H,3-14,19-20,25H2,1-2H3,(H,33,34)(H,35,36).